The first kappa shape index (κ1) is 14.0. The number of fused-ring (bicyclic) bond motifs is 1. The van der Waals surface area contributed by atoms with E-state index in [9.17, 15) is 18.0 Å². The van der Waals surface area contributed by atoms with Gasteiger partial charge in [0.15, 0.2) is 0 Å². The molecule has 1 N–H and O–H groups in total. The second-order valence-corrected chi connectivity index (χ2v) is 5.37. The Kier molecular flexibility index (Phi) is 3.18. The van der Waals surface area contributed by atoms with Crippen LogP contribution in [0.2, 0.25) is 0 Å². The Morgan fingerprint density at radius 1 is 1.38 bits per heavy atom. The molecule has 0 spiro atoms. The van der Waals surface area contributed by atoms with Crippen LogP contribution in [0, 0.1) is 17.8 Å². The number of pyridine rings is 1. The summed E-state index contributed by atoms with van der Waals surface area (Å²) in [5.74, 6) is 1.03. The van der Waals surface area contributed by atoms with Crippen LogP contribution in [0.5, 0.6) is 5.88 Å². The van der Waals surface area contributed by atoms with Crippen molar-refractivity contribution in [1.29, 1.82) is 0 Å². The fourth-order valence-corrected chi connectivity index (χ4v) is 2.87. The van der Waals surface area contributed by atoms with Crippen LogP contribution in [-0.2, 0) is 6.18 Å². The zero-order valence-corrected chi connectivity index (χ0v) is 10.9. The summed E-state index contributed by atoms with van der Waals surface area (Å²) < 4.78 is 42.5. The summed E-state index contributed by atoms with van der Waals surface area (Å²) in [7, 11) is 0. The molecule has 21 heavy (non-hydrogen) atoms. The number of ether oxygens (including phenoxy) is 1. The Hall–Kier alpha value is -1.99. The van der Waals surface area contributed by atoms with E-state index in [1.54, 1.807) is 0 Å². The predicted molar refractivity (Wildman–Crippen MR) is 64.8 cm³/mol. The number of piperidine rings is 1. The summed E-state index contributed by atoms with van der Waals surface area (Å²) in [5.41, 5.74) is -0.810. The average molecular weight is 302 g/mol. The van der Waals surface area contributed by atoms with E-state index < -0.39 is 17.8 Å². The molecule has 3 rings (SSSR count). The molecular weight excluding hydrogens is 289 g/mol. The van der Waals surface area contributed by atoms with E-state index in [2.05, 4.69) is 4.98 Å². The summed E-state index contributed by atoms with van der Waals surface area (Å²) in [4.78, 5) is 15.8. The number of rotatable bonds is 3. The number of carboxylic acid groups (broad SMARTS) is 1. The lowest BCUT2D eigenvalue weighted by molar-refractivity contribution is -0.137. The molecule has 1 aromatic heterocycles. The molecule has 114 valence electrons. The molecular formula is C13H13F3N2O3. The number of carbonyl (C=O) groups is 1. The van der Waals surface area contributed by atoms with Gasteiger partial charge in [0, 0.05) is 31.3 Å². The monoisotopic (exact) mass is 302 g/mol. The van der Waals surface area contributed by atoms with Crippen LogP contribution < -0.4 is 4.74 Å². The first-order valence-corrected chi connectivity index (χ1v) is 6.50. The van der Waals surface area contributed by atoms with Gasteiger partial charge in [0.05, 0.1) is 12.2 Å². The standard InChI is InChI=1S/C13H13F3N2O3/c14-13(15,16)7-1-2-11(17-3-7)21-6-10-8-4-18(12(19)20)5-9(8)10/h1-3,8-10H,4-6H2,(H,19,20)/t8-,9+,10+. The second-order valence-electron chi connectivity index (χ2n) is 5.37. The predicted octanol–water partition coefficient (Wildman–Crippen LogP) is 2.34. The third-order valence-corrected chi connectivity index (χ3v) is 4.13. The van der Waals surface area contributed by atoms with Crippen LogP contribution in [0.15, 0.2) is 18.3 Å². The summed E-state index contributed by atoms with van der Waals surface area (Å²) in [6.45, 7) is 1.38. The van der Waals surface area contributed by atoms with E-state index in [4.69, 9.17) is 9.84 Å². The Labute approximate surface area is 118 Å². The number of nitrogens with zero attached hydrogens (tertiary/aromatic N) is 2. The molecule has 1 aliphatic carbocycles. The van der Waals surface area contributed by atoms with Gasteiger partial charge in [-0.15, -0.1) is 0 Å². The molecule has 0 radical (unpaired) electrons. The van der Waals surface area contributed by atoms with Crippen LogP contribution in [-0.4, -0.2) is 40.8 Å². The average Bonchev–Trinajstić information content (AvgIpc) is 2.86. The first-order valence-electron chi connectivity index (χ1n) is 6.50. The lowest BCUT2D eigenvalue weighted by atomic mass is 10.3. The van der Waals surface area contributed by atoms with Gasteiger partial charge >= 0.3 is 12.3 Å². The molecule has 1 aromatic rings. The Bertz CT molecular complexity index is 535. The normalized spacial score (nSPS) is 27.4. The summed E-state index contributed by atoms with van der Waals surface area (Å²) >= 11 is 0. The molecule has 2 heterocycles. The quantitative estimate of drug-likeness (QED) is 0.931. The number of halogens is 3. The van der Waals surface area contributed by atoms with E-state index in [-0.39, 0.29) is 11.8 Å². The molecule has 0 bridgehead atoms. The molecule has 1 saturated heterocycles. The number of hydrogen-bond donors (Lipinski definition) is 1. The molecule has 2 aliphatic rings. The van der Waals surface area contributed by atoms with Gasteiger partial charge in [0.2, 0.25) is 5.88 Å². The summed E-state index contributed by atoms with van der Waals surface area (Å²) in [6.07, 6.45) is -4.57. The Balaban J connectivity index is 1.49. The molecule has 5 nitrogen and oxygen atoms in total. The van der Waals surface area contributed by atoms with Crippen molar-refractivity contribution in [3.8, 4) is 5.88 Å². The highest BCUT2D eigenvalue weighted by Gasteiger charge is 2.57. The van der Waals surface area contributed by atoms with Gasteiger partial charge < -0.3 is 14.7 Å². The van der Waals surface area contributed by atoms with E-state index in [1.165, 1.54) is 11.0 Å². The molecule has 1 aliphatic heterocycles. The number of amides is 1. The van der Waals surface area contributed by atoms with Crippen molar-refractivity contribution in [2.75, 3.05) is 19.7 Å². The topological polar surface area (TPSA) is 62.7 Å². The van der Waals surface area contributed by atoms with E-state index >= 15 is 0 Å². The van der Waals surface area contributed by atoms with Gasteiger partial charge in [-0.2, -0.15) is 13.2 Å². The van der Waals surface area contributed by atoms with E-state index in [1.807, 2.05) is 0 Å². The van der Waals surface area contributed by atoms with Gasteiger partial charge in [-0.3, -0.25) is 0 Å². The Morgan fingerprint density at radius 2 is 2.05 bits per heavy atom. The summed E-state index contributed by atoms with van der Waals surface area (Å²) in [6, 6.07) is 2.13. The largest absolute Gasteiger partial charge is 0.477 e. The van der Waals surface area contributed by atoms with Crippen molar-refractivity contribution >= 4 is 6.09 Å². The van der Waals surface area contributed by atoms with Gasteiger partial charge in [0.1, 0.15) is 0 Å². The van der Waals surface area contributed by atoms with Gasteiger partial charge in [-0.1, -0.05) is 0 Å². The lowest BCUT2D eigenvalue weighted by Crippen LogP contribution is -2.30. The highest BCUT2D eigenvalue weighted by atomic mass is 19.4. The fraction of sp³-hybridized carbons (Fsp3) is 0.538. The molecule has 2 fully saturated rings. The van der Waals surface area contributed by atoms with E-state index in [0.717, 1.165) is 12.3 Å². The third kappa shape index (κ3) is 2.74. The third-order valence-electron chi connectivity index (χ3n) is 4.13. The maximum absolute atomic E-state index is 12.4. The minimum absolute atomic E-state index is 0.156. The van der Waals surface area contributed by atoms with Gasteiger partial charge in [-0.25, -0.2) is 9.78 Å². The van der Waals surface area contributed by atoms with Crippen LogP contribution >= 0.6 is 0 Å². The second kappa shape index (κ2) is 4.78. The molecule has 8 heteroatoms. The SMILES string of the molecule is O=C(O)N1C[C@@H]2[C@@H](COc3ccc(C(F)(F)F)cn3)[C@@H]2C1. The highest BCUT2D eigenvalue weighted by Crippen LogP contribution is 2.51. The zero-order valence-electron chi connectivity index (χ0n) is 10.9. The highest BCUT2D eigenvalue weighted by molar-refractivity contribution is 5.65. The minimum atomic E-state index is -4.40. The van der Waals surface area contributed by atoms with Crippen molar-refractivity contribution < 1.29 is 27.8 Å². The van der Waals surface area contributed by atoms with Crippen LogP contribution in [0.25, 0.3) is 0 Å². The van der Waals surface area contributed by atoms with Crippen LogP contribution in [0.1, 0.15) is 5.56 Å². The fourth-order valence-electron chi connectivity index (χ4n) is 2.87. The van der Waals surface area contributed by atoms with Crippen molar-refractivity contribution in [3.05, 3.63) is 23.9 Å². The van der Waals surface area contributed by atoms with Crippen molar-refractivity contribution in [3.63, 3.8) is 0 Å². The van der Waals surface area contributed by atoms with Gasteiger partial charge in [-0.05, 0) is 17.9 Å². The van der Waals surface area contributed by atoms with Crippen molar-refractivity contribution in [1.82, 2.24) is 9.88 Å². The lowest BCUT2D eigenvalue weighted by Gasteiger charge is -2.15. The molecule has 0 unspecified atom stereocenters. The van der Waals surface area contributed by atoms with Crippen LogP contribution in [0.4, 0.5) is 18.0 Å². The molecule has 1 saturated carbocycles. The maximum atomic E-state index is 12.4. The number of aromatic nitrogens is 1. The zero-order chi connectivity index (χ0) is 15.2. The Morgan fingerprint density at radius 3 is 2.52 bits per heavy atom. The molecule has 0 aromatic carbocycles. The summed E-state index contributed by atoms with van der Waals surface area (Å²) in [5, 5.41) is 8.83. The molecule has 3 atom stereocenters. The number of likely N-dealkylation sites (tertiary alicyclic amines) is 1. The first-order chi connectivity index (χ1) is 9.86. The number of hydrogen-bond acceptors (Lipinski definition) is 3. The maximum Gasteiger partial charge on any atom is 0.417 e. The van der Waals surface area contributed by atoms with Crippen LogP contribution in [0.3, 0.4) is 0 Å². The van der Waals surface area contributed by atoms with Crippen molar-refractivity contribution in [2.24, 2.45) is 17.8 Å². The molecule has 1 amide bonds. The van der Waals surface area contributed by atoms with Crippen molar-refractivity contribution in [2.45, 2.75) is 6.18 Å². The minimum Gasteiger partial charge on any atom is -0.477 e. The van der Waals surface area contributed by atoms with Gasteiger partial charge in [0.25, 0.3) is 0 Å². The smallest absolute Gasteiger partial charge is 0.417 e. The number of alkyl halides is 3. The van der Waals surface area contributed by atoms with E-state index in [0.29, 0.717) is 31.5 Å².